The summed E-state index contributed by atoms with van der Waals surface area (Å²) in [6.07, 6.45) is -0.654. The third kappa shape index (κ3) is 6.77. The van der Waals surface area contributed by atoms with Crippen molar-refractivity contribution >= 4 is 18.0 Å². The number of nitrogens with zero attached hydrogens (tertiary/aromatic N) is 2. The molecule has 0 bridgehead atoms. The number of ether oxygens (including phenoxy) is 1. The van der Waals surface area contributed by atoms with Gasteiger partial charge in [0.25, 0.3) is 0 Å². The number of rotatable bonds is 6. The molecular formula is C15H21N3O5. The molecule has 0 radical (unpaired) electrons. The average Bonchev–Trinajstić information content (AvgIpc) is 2.41. The molecule has 8 heteroatoms. The van der Waals surface area contributed by atoms with Gasteiger partial charge in [0.15, 0.2) is 0 Å². The van der Waals surface area contributed by atoms with Crippen LogP contribution in [0.5, 0.6) is 0 Å². The summed E-state index contributed by atoms with van der Waals surface area (Å²) in [7, 11) is 0. The molecule has 3 N–H and O–H groups in total. The molecule has 0 atom stereocenters. The number of pyridine rings is 1. The van der Waals surface area contributed by atoms with Crippen molar-refractivity contribution in [2.45, 2.75) is 39.3 Å². The van der Waals surface area contributed by atoms with Crippen molar-refractivity contribution < 1.29 is 24.2 Å². The molecule has 0 unspecified atom stereocenters. The van der Waals surface area contributed by atoms with Crippen LogP contribution in [0.2, 0.25) is 0 Å². The molecular weight excluding hydrogens is 302 g/mol. The van der Waals surface area contributed by atoms with Gasteiger partial charge in [-0.25, -0.2) is 14.6 Å². The highest BCUT2D eigenvalue weighted by molar-refractivity contribution is 5.85. The molecule has 0 aromatic carbocycles. The highest BCUT2D eigenvalue weighted by Crippen LogP contribution is 2.13. The highest BCUT2D eigenvalue weighted by atomic mass is 16.6. The molecule has 2 amide bonds. The zero-order valence-corrected chi connectivity index (χ0v) is 13.4. The molecule has 1 aromatic rings. The van der Waals surface area contributed by atoms with E-state index in [1.807, 2.05) is 0 Å². The van der Waals surface area contributed by atoms with Crippen LogP contribution in [-0.4, -0.2) is 45.1 Å². The van der Waals surface area contributed by atoms with Gasteiger partial charge in [-0.1, -0.05) is 6.07 Å². The quantitative estimate of drug-likeness (QED) is 0.815. The van der Waals surface area contributed by atoms with Crippen LogP contribution in [0.1, 0.15) is 43.4 Å². The van der Waals surface area contributed by atoms with E-state index in [9.17, 15) is 14.4 Å². The van der Waals surface area contributed by atoms with E-state index in [4.69, 9.17) is 15.6 Å². The Morgan fingerprint density at radius 3 is 2.48 bits per heavy atom. The van der Waals surface area contributed by atoms with Crippen molar-refractivity contribution in [1.82, 2.24) is 9.88 Å². The zero-order valence-electron chi connectivity index (χ0n) is 13.4. The number of hydrogen-bond acceptors (Lipinski definition) is 5. The number of hydrogen-bond donors (Lipinski definition) is 2. The smallest absolute Gasteiger partial charge is 0.410 e. The lowest BCUT2D eigenvalue weighted by Crippen LogP contribution is -2.38. The third-order valence-electron chi connectivity index (χ3n) is 2.66. The monoisotopic (exact) mass is 323 g/mol. The van der Waals surface area contributed by atoms with E-state index < -0.39 is 23.6 Å². The molecule has 0 saturated carbocycles. The van der Waals surface area contributed by atoms with E-state index >= 15 is 0 Å². The lowest BCUT2D eigenvalue weighted by molar-refractivity contribution is -0.118. The predicted molar refractivity (Wildman–Crippen MR) is 81.7 cm³/mol. The topological polar surface area (TPSA) is 123 Å². The maximum absolute atomic E-state index is 12.2. The molecule has 0 spiro atoms. The van der Waals surface area contributed by atoms with Gasteiger partial charge in [-0.05, 0) is 32.9 Å². The maximum atomic E-state index is 12.2. The van der Waals surface area contributed by atoms with Gasteiger partial charge in [0.1, 0.15) is 11.3 Å². The molecule has 0 aliphatic rings. The van der Waals surface area contributed by atoms with Crippen molar-refractivity contribution in [2.75, 3.05) is 6.54 Å². The van der Waals surface area contributed by atoms with Gasteiger partial charge in [0, 0.05) is 13.0 Å². The van der Waals surface area contributed by atoms with E-state index in [2.05, 4.69) is 4.98 Å². The summed E-state index contributed by atoms with van der Waals surface area (Å²) in [5.41, 5.74) is 4.67. The first kappa shape index (κ1) is 18.4. The van der Waals surface area contributed by atoms with Gasteiger partial charge >= 0.3 is 12.1 Å². The molecule has 8 nitrogen and oxygen atoms in total. The Labute approximate surface area is 134 Å². The van der Waals surface area contributed by atoms with Gasteiger partial charge in [0.05, 0.1) is 12.2 Å². The first-order valence-corrected chi connectivity index (χ1v) is 7.04. The van der Waals surface area contributed by atoms with E-state index in [0.29, 0.717) is 5.69 Å². The number of aromatic nitrogens is 1. The van der Waals surface area contributed by atoms with E-state index in [1.165, 1.54) is 17.0 Å². The number of carboxylic acid groups (broad SMARTS) is 1. The lowest BCUT2D eigenvalue weighted by Gasteiger charge is -2.27. The van der Waals surface area contributed by atoms with Crippen molar-refractivity contribution in [3.8, 4) is 0 Å². The van der Waals surface area contributed by atoms with Gasteiger partial charge in [-0.3, -0.25) is 4.79 Å². The molecule has 0 fully saturated rings. The van der Waals surface area contributed by atoms with Crippen LogP contribution in [0, 0.1) is 0 Å². The van der Waals surface area contributed by atoms with Gasteiger partial charge < -0.3 is 20.5 Å². The molecule has 126 valence electrons. The standard InChI is InChI=1S/C15H21N3O5/c1-15(2,3)23-14(22)18(8-7-12(16)19)9-10-5-4-6-11(17-10)13(20)21/h4-6H,7-9H2,1-3H3,(H2,16,19)(H,20,21). The number of primary amides is 1. The fourth-order valence-electron chi connectivity index (χ4n) is 1.69. The highest BCUT2D eigenvalue weighted by Gasteiger charge is 2.23. The Morgan fingerprint density at radius 1 is 1.30 bits per heavy atom. The lowest BCUT2D eigenvalue weighted by atomic mass is 10.2. The number of carbonyl (C=O) groups is 3. The Hall–Kier alpha value is -2.64. The van der Waals surface area contributed by atoms with Crippen molar-refractivity contribution in [2.24, 2.45) is 5.73 Å². The number of amides is 2. The normalized spacial score (nSPS) is 10.9. The number of aromatic carboxylic acids is 1. The number of carbonyl (C=O) groups excluding carboxylic acids is 2. The Kier molecular flexibility index (Phi) is 6.06. The van der Waals surface area contributed by atoms with Crippen LogP contribution in [0.15, 0.2) is 18.2 Å². The summed E-state index contributed by atoms with van der Waals surface area (Å²) in [6.45, 7) is 5.24. The van der Waals surface area contributed by atoms with Crippen LogP contribution in [0.25, 0.3) is 0 Å². The van der Waals surface area contributed by atoms with Crippen LogP contribution in [0.3, 0.4) is 0 Å². The second kappa shape index (κ2) is 7.57. The minimum Gasteiger partial charge on any atom is -0.477 e. The van der Waals surface area contributed by atoms with Crippen LogP contribution >= 0.6 is 0 Å². The Balaban J connectivity index is 2.91. The predicted octanol–water partition coefficient (Wildman–Crippen LogP) is 1.39. The van der Waals surface area contributed by atoms with Crippen LogP contribution in [0.4, 0.5) is 4.79 Å². The van der Waals surface area contributed by atoms with Crippen molar-refractivity contribution in [3.05, 3.63) is 29.6 Å². The molecule has 0 saturated heterocycles. The minimum absolute atomic E-state index is 0.0172. The molecule has 1 heterocycles. The Bertz CT molecular complexity index is 595. The SMILES string of the molecule is CC(C)(C)OC(=O)N(CCC(N)=O)Cc1cccc(C(=O)O)n1. The Morgan fingerprint density at radius 2 is 1.96 bits per heavy atom. The second-order valence-corrected chi connectivity index (χ2v) is 5.94. The summed E-state index contributed by atoms with van der Waals surface area (Å²) in [5, 5.41) is 8.95. The maximum Gasteiger partial charge on any atom is 0.410 e. The molecule has 1 rings (SSSR count). The first-order valence-electron chi connectivity index (χ1n) is 7.04. The zero-order chi connectivity index (χ0) is 17.6. The van der Waals surface area contributed by atoms with Gasteiger partial charge in [-0.15, -0.1) is 0 Å². The largest absolute Gasteiger partial charge is 0.477 e. The fourth-order valence-corrected chi connectivity index (χ4v) is 1.69. The third-order valence-corrected chi connectivity index (χ3v) is 2.66. The molecule has 0 aliphatic heterocycles. The van der Waals surface area contributed by atoms with E-state index in [0.717, 1.165) is 0 Å². The van der Waals surface area contributed by atoms with Gasteiger partial charge in [0.2, 0.25) is 5.91 Å². The van der Waals surface area contributed by atoms with E-state index in [1.54, 1.807) is 26.8 Å². The first-order chi connectivity index (χ1) is 10.6. The number of nitrogens with two attached hydrogens (primary N) is 1. The molecule has 1 aromatic heterocycles. The summed E-state index contributed by atoms with van der Waals surface area (Å²) in [6, 6.07) is 4.48. The summed E-state index contributed by atoms with van der Waals surface area (Å²) < 4.78 is 5.27. The van der Waals surface area contributed by atoms with E-state index in [-0.39, 0.29) is 25.2 Å². The van der Waals surface area contributed by atoms with Crippen LogP contribution < -0.4 is 5.73 Å². The van der Waals surface area contributed by atoms with Crippen LogP contribution in [-0.2, 0) is 16.1 Å². The van der Waals surface area contributed by atoms with Gasteiger partial charge in [-0.2, -0.15) is 0 Å². The fraction of sp³-hybridized carbons (Fsp3) is 0.467. The van der Waals surface area contributed by atoms with Crippen molar-refractivity contribution in [1.29, 1.82) is 0 Å². The van der Waals surface area contributed by atoms with Crippen molar-refractivity contribution in [3.63, 3.8) is 0 Å². The summed E-state index contributed by atoms with van der Waals surface area (Å²) in [4.78, 5) is 39.3. The summed E-state index contributed by atoms with van der Waals surface area (Å²) >= 11 is 0. The summed E-state index contributed by atoms with van der Waals surface area (Å²) in [5.74, 6) is -1.71. The second-order valence-electron chi connectivity index (χ2n) is 5.94. The molecule has 23 heavy (non-hydrogen) atoms. The average molecular weight is 323 g/mol. The number of carboxylic acids is 1. The molecule has 0 aliphatic carbocycles. The minimum atomic E-state index is -1.16.